The van der Waals surface area contributed by atoms with E-state index in [1.54, 1.807) is 12.1 Å². The number of benzene rings is 1. The predicted molar refractivity (Wildman–Crippen MR) is 133 cm³/mol. The van der Waals surface area contributed by atoms with Crippen LogP contribution in [-0.2, 0) is 44.0 Å². The van der Waals surface area contributed by atoms with E-state index >= 15 is 0 Å². The van der Waals surface area contributed by atoms with Crippen LogP contribution in [0.15, 0.2) is 42.5 Å². The zero-order valence-corrected chi connectivity index (χ0v) is 22.0. The van der Waals surface area contributed by atoms with E-state index in [1.165, 1.54) is 19.3 Å². The van der Waals surface area contributed by atoms with E-state index in [-0.39, 0.29) is 26.2 Å². The molecule has 1 aliphatic heterocycles. The third-order valence-electron chi connectivity index (χ3n) is 5.92. The first-order valence-electron chi connectivity index (χ1n) is 11.4. The molecular formula is C23H29N2O10PS. The van der Waals surface area contributed by atoms with Crippen LogP contribution >= 0.6 is 20.0 Å². The fourth-order valence-corrected chi connectivity index (χ4v) is 5.04. The molecule has 0 saturated heterocycles. The molecule has 0 bridgehead atoms. The molecule has 2 N–H and O–H groups in total. The molecule has 5 atom stereocenters. The molecule has 3 rings (SSSR count). The molecule has 37 heavy (non-hydrogen) atoms. The third-order valence-corrected chi connectivity index (χ3v) is 7.22. The monoisotopic (exact) mass is 556 g/mol. The number of rotatable bonds is 12. The van der Waals surface area contributed by atoms with Gasteiger partial charge in [-0.2, -0.15) is 0 Å². The molecule has 1 heterocycles. The number of hydrogen-bond acceptors (Lipinski definition) is 10. The van der Waals surface area contributed by atoms with Gasteiger partial charge in [-0.1, -0.05) is 42.5 Å². The van der Waals surface area contributed by atoms with Gasteiger partial charge in [0.1, 0.15) is 25.4 Å². The van der Waals surface area contributed by atoms with Crippen molar-refractivity contribution in [1.29, 1.82) is 0 Å². The summed E-state index contributed by atoms with van der Waals surface area (Å²) in [6, 6.07) is 8.57. The van der Waals surface area contributed by atoms with Gasteiger partial charge in [-0.05, 0) is 12.0 Å². The van der Waals surface area contributed by atoms with Gasteiger partial charge in [-0.3, -0.25) is 23.5 Å². The SMILES string of the molecule is COC1[C@@H](NC(=S)CCN2C(=O)C=CC2=O)C[C@H](COC(=O)OCc2ccccc2)[C@@H]1OP(=O)(O)OC. The maximum atomic E-state index is 12.2. The Morgan fingerprint density at radius 3 is 2.43 bits per heavy atom. The number of thiocarbonyl (C=S) groups is 1. The Morgan fingerprint density at radius 2 is 1.81 bits per heavy atom. The van der Waals surface area contributed by atoms with Crippen molar-refractivity contribution in [2.24, 2.45) is 5.92 Å². The van der Waals surface area contributed by atoms with E-state index in [2.05, 4.69) is 9.84 Å². The number of nitrogens with zero attached hydrogens (tertiary/aromatic N) is 1. The number of hydrogen-bond donors (Lipinski definition) is 2. The fraction of sp³-hybridized carbons (Fsp3) is 0.478. The van der Waals surface area contributed by atoms with Crippen LogP contribution in [-0.4, -0.2) is 78.4 Å². The summed E-state index contributed by atoms with van der Waals surface area (Å²) in [5.41, 5.74) is 0.785. The summed E-state index contributed by atoms with van der Waals surface area (Å²) in [6.45, 7) is -0.0676. The average molecular weight is 557 g/mol. The Hall–Kier alpha value is -2.67. The Balaban J connectivity index is 1.60. The maximum Gasteiger partial charge on any atom is 0.508 e. The number of methoxy groups -OCH3 is 1. The van der Waals surface area contributed by atoms with Gasteiger partial charge in [-0.25, -0.2) is 9.36 Å². The lowest BCUT2D eigenvalue weighted by Crippen LogP contribution is -2.45. The molecule has 1 aromatic rings. The molecule has 1 aromatic carbocycles. The second-order valence-corrected chi connectivity index (χ2v) is 10.3. The molecule has 2 amide bonds. The first-order chi connectivity index (χ1) is 17.6. The van der Waals surface area contributed by atoms with Crippen molar-refractivity contribution < 1.29 is 47.1 Å². The first kappa shape index (κ1) is 28.9. The van der Waals surface area contributed by atoms with Crippen LogP contribution in [0.2, 0.25) is 0 Å². The highest BCUT2D eigenvalue weighted by molar-refractivity contribution is 7.80. The van der Waals surface area contributed by atoms with E-state index in [0.29, 0.717) is 11.4 Å². The van der Waals surface area contributed by atoms with Crippen LogP contribution in [0.4, 0.5) is 4.79 Å². The van der Waals surface area contributed by atoms with E-state index in [1.807, 2.05) is 18.2 Å². The van der Waals surface area contributed by atoms with E-state index in [9.17, 15) is 23.8 Å². The predicted octanol–water partition coefficient (Wildman–Crippen LogP) is 2.11. The number of ether oxygens (including phenoxy) is 3. The quantitative estimate of drug-likeness (QED) is 0.168. The van der Waals surface area contributed by atoms with E-state index in [4.69, 9.17) is 31.0 Å². The second-order valence-electron chi connectivity index (χ2n) is 8.34. The number of phosphoric acid groups is 1. The summed E-state index contributed by atoms with van der Waals surface area (Å²) in [7, 11) is -1.98. The van der Waals surface area contributed by atoms with Crippen LogP contribution in [0, 0.1) is 5.92 Å². The third kappa shape index (κ3) is 8.16. The Morgan fingerprint density at radius 1 is 1.14 bits per heavy atom. The van der Waals surface area contributed by atoms with E-state index < -0.39 is 50.0 Å². The fourth-order valence-electron chi connectivity index (χ4n) is 4.11. The molecule has 0 radical (unpaired) electrons. The standard InChI is InChI=1S/C23H29N2O10PS/c1-31-22-17(24-18(37)10-11-25-19(26)8-9-20(25)27)12-16(21(22)35-36(29,30)32-2)14-34-23(28)33-13-15-6-4-3-5-7-15/h3-9,16-17,21-22H,10-14H2,1-2H3,(H,24,37)(H,29,30)/t16-,17+,21+,22?/m1/s1. The highest BCUT2D eigenvalue weighted by Gasteiger charge is 2.48. The van der Waals surface area contributed by atoms with Crippen molar-refractivity contribution in [2.75, 3.05) is 27.4 Å². The van der Waals surface area contributed by atoms with Gasteiger partial charge in [0.05, 0.1) is 11.0 Å². The van der Waals surface area contributed by atoms with Crippen LogP contribution in [0.3, 0.4) is 0 Å². The lowest BCUT2D eigenvalue weighted by molar-refractivity contribution is -0.136. The molecule has 2 unspecified atom stereocenters. The lowest BCUT2D eigenvalue weighted by atomic mass is 10.1. The van der Waals surface area contributed by atoms with Crippen LogP contribution < -0.4 is 5.32 Å². The minimum atomic E-state index is -4.41. The summed E-state index contributed by atoms with van der Waals surface area (Å²) in [6.07, 6.45) is 0.219. The largest absolute Gasteiger partial charge is 0.508 e. The normalized spacial score (nSPS) is 24.7. The summed E-state index contributed by atoms with van der Waals surface area (Å²) in [5, 5.41) is 3.10. The second kappa shape index (κ2) is 13.2. The smallest absolute Gasteiger partial charge is 0.434 e. The average Bonchev–Trinajstić information content (AvgIpc) is 3.37. The van der Waals surface area contributed by atoms with Gasteiger partial charge in [0.25, 0.3) is 11.8 Å². The topological polar surface area (TPSA) is 150 Å². The zero-order valence-electron chi connectivity index (χ0n) is 20.3. The molecule has 1 saturated carbocycles. The molecule has 1 aliphatic carbocycles. The Labute approximate surface area is 219 Å². The molecule has 12 nitrogen and oxygen atoms in total. The molecule has 0 aromatic heterocycles. The van der Waals surface area contributed by atoms with Crippen LogP contribution in [0.1, 0.15) is 18.4 Å². The maximum absolute atomic E-state index is 12.2. The van der Waals surface area contributed by atoms with Crippen molar-refractivity contribution in [3.05, 3.63) is 48.0 Å². The van der Waals surface area contributed by atoms with Crippen molar-refractivity contribution in [3.63, 3.8) is 0 Å². The summed E-state index contributed by atoms with van der Waals surface area (Å²) in [4.78, 5) is 47.0. The minimum absolute atomic E-state index is 0.0243. The van der Waals surface area contributed by atoms with Crippen LogP contribution in [0.5, 0.6) is 0 Å². The molecule has 1 fully saturated rings. The van der Waals surface area contributed by atoms with Gasteiger partial charge >= 0.3 is 14.0 Å². The van der Waals surface area contributed by atoms with Gasteiger partial charge in [0.15, 0.2) is 0 Å². The Bertz CT molecular complexity index is 1050. The number of amides is 2. The molecular weight excluding hydrogens is 527 g/mol. The Kier molecular flexibility index (Phi) is 10.3. The van der Waals surface area contributed by atoms with Crippen molar-refractivity contribution >= 4 is 43.0 Å². The van der Waals surface area contributed by atoms with Crippen LogP contribution in [0.25, 0.3) is 0 Å². The summed E-state index contributed by atoms with van der Waals surface area (Å²) >= 11 is 5.39. The molecule has 14 heteroatoms. The highest BCUT2D eigenvalue weighted by Crippen LogP contribution is 2.48. The number of imide groups is 1. The minimum Gasteiger partial charge on any atom is -0.434 e. The first-order valence-corrected chi connectivity index (χ1v) is 13.3. The van der Waals surface area contributed by atoms with Crippen molar-refractivity contribution in [1.82, 2.24) is 10.2 Å². The number of phosphoric ester groups is 1. The van der Waals surface area contributed by atoms with Gasteiger partial charge in [0.2, 0.25) is 0 Å². The summed E-state index contributed by atoms with van der Waals surface area (Å²) < 4.78 is 38.0. The molecule has 202 valence electrons. The number of carbonyl (C=O) groups excluding carboxylic acids is 3. The lowest BCUT2D eigenvalue weighted by Gasteiger charge is -2.27. The van der Waals surface area contributed by atoms with E-state index in [0.717, 1.165) is 17.6 Å². The number of carbonyl (C=O) groups is 3. The van der Waals surface area contributed by atoms with Gasteiger partial charge in [-0.15, -0.1) is 0 Å². The molecule has 2 aliphatic rings. The highest BCUT2D eigenvalue weighted by atomic mass is 32.1. The van der Waals surface area contributed by atoms with Crippen molar-refractivity contribution in [2.45, 2.75) is 37.7 Å². The molecule has 0 spiro atoms. The summed E-state index contributed by atoms with van der Waals surface area (Å²) in [5.74, 6) is -1.39. The van der Waals surface area contributed by atoms with Crippen molar-refractivity contribution in [3.8, 4) is 0 Å². The van der Waals surface area contributed by atoms with Gasteiger partial charge < -0.3 is 24.4 Å². The number of nitrogens with one attached hydrogen (secondary N) is 1. The van der Waals surface area contributed by atoms with Gasteiger partial charge in [0, 0.05) is 45.3 Å². The zero-order chi connectivity index (χ0) is 27.0.